The van der Waals surface area contributed by atoms with Crippen molar-refractivity contribution in [2.24, 2.45) is 4.99 Å². The lowest BCUT2D eigenvalue weighted by atomic mass is 10.0. The Kier molecular flexibility index (Phi) is 9.69. The summed E-state index contributed by atoms with van der Waals surface area (Å²) in [4.78, 5) is 43.5. The van der Waals surface area contributed by atoms with Crippen molar-refractivity contribution in [2.75, 3.05) is 20.6 Å². The molecular weight excluding hydrogens is 536 g/mol. The maximum absolute atomic E-state index is 13.4. The number of aliphatic imine (C=N–C) groups is 1. The molecule has 1 heterocycles. The highest BCUT2D eigenvalue weighted by Gasteiger charge is 2.41. The molecule has 2 amide bonds. The van der Waals surface area contributed by atoms with Crippen molar-refractivity contribution in [3.8, 4) is 5.75 Å². The van der Waals surface area contributed by atoms with Crippen LogP contribution in [0.5, 0.6) is 5.75 Å². The Hall–Kier alpha value is -3.77. The number of ether oxygens (including phenoxy) is 2. The number of sulfonamides is 1. The molecule has 1 fully saturated rings. The van der Waals surface area contributed by atoms with E-state index in [1.54, 1.807) is 59.1 Å². The van der Waals surface area contributed by atoms with Gasteiger partial charge in [0, 0.05) is 27.1 Å². The Morgan fingerprint density at radius 1 is 1.10 bits per heavy atom. The summed E-state index contributed by atoms with van der Waals surface area (Å²) in [6.07, 6.45) is 0.354. The van der Waals surface area contributed by atoms with Gasteiger partial charge in [0.2, 0.25) is 15.9 Å². The SMILES string of the molecule is C=Nc1ccc(S(=O)(=O)N2CCC[C@H]2C(=O)N[C@@H](Cc2ccc(OC(=O)N(C)C)cc2)C(=O)OC(C)(C)C)cc1. The third-order valence-corrected chi connectivity index (χ3v) is 8.00. The first-order valence-electron chi connectivity index (χ1n) is 12.8. The summed E-state index contributed by atoms with van der Waals surface area (Å²) in [5.74, 6) is -0.911. The topological polar surface area (TPSA) is 135 Å². The van der Waals surface area contributed by atoms with Gasteiger partial charge in [0.25, 0.3) is 0 Å². The molecule has 0 radical (unpaired) electrons. The number of carbonyl (C=O) groups excluding carboxylic acids is 3. The molecule has 0 spiro atoms. The maximum Gasteiger partial charge on any atom is 0.414 e. The summed E-state index contributed by atoms with van der Waals surface area (Å²) in [6, 6.07) is 10.4. The molecule has 2 atom stereocenters. The van der Waals surface area contributed by atoms with E-state index in [-0.39, 0.29) is 17.9 Å². The van der Waals surface area contributed by atoms with Crippen molar-refractivity contribution in [2.45, 2.75) is 62.6 Å². The van der Waals surface area contributed by atoms with Gasteiger partial charge in [-0.15, -0.1) is 0 Å². The van der Waals surface area contributed by atoms with Crippen LogP contribution >= 0.6 is 0 Å². The number of hydrogen-bond acceptors (Lipinski definition) is 8. The number of nitrogens with one attached hydrogen (secondary N) is 1. The Labute approximate surface area is 235 Å². The average molecular weight is 573 g/mol. The van der Waals surface area contributed by atoms with Crippen molar-refractivity contribution in [1.82, 2.24) is 14.5 Å². The predicted octanol–water partition coefficient (Wildman–Crippen LogP) is 3.30. The summed E-state index contributed by atoms with van der Waals surface area (Å²) >= 11 is 0. The van der Waals surface area contributed by atoms with Gasteiger partial charge in [-0.05, 0) is 82.3 Å². The maximum atomic E-state index is 13.4. The Balaban J connectivity index is 1.80. The molecule has 216 valence electrons. The summed E-state index contributed by atoms with van der Waals surface area (Å²) in [6.45, 7) is 8.76. The molecule has 1 aliphatic heterocycles. The van der Waals surface area contributed by atoms with Gasteiger partial charge in [-0.3, -0.25) is 9.79 Å². The highest BCUT2D eigenvalue weighted by atomic mass is 32.2. The molecule has 0 aromatic heterocycles. The Morgan fingerprint density at radius 2 is 1.73 bits per heavy atom. The van der Waals surface area contributed by atoms with Gasteiger partial charge in [0.05, 0.1) is 10.6 Å². The average Bonchev–Trinajstić information content (AvgIpc) is 3.39. The van der Waals surface area contributed by atoms with Gasteiger partial charge in [0.15, 0.2) is 0 Å². The fraction of sp³-hybridized carbons (Fsp3) is 0.429. The van der Waals surface area contributed by atoms with E-state index in [9.17, 15) is 22.8 Å². The van der Waals surface area contributed by atoms with Gasteiger partial charge in [-0.1, -0.05) is 12.1 Å². The summed E-state index contributed by atoms with van der Waals surface area (Å²) in [5, 5.41) is 2.73. The van der Waals surface area contributed by atoms with Gasteiger partial charge in [0.1, 0.15) is 23.4 Å². The highest BCUT2D eigenvalue weighted by Crippen LogP contribution is 2.28. The zero-order chi connectivity index (χ0) is 29.7. The van der Waals surface area contributed by atoms with Gasteiger partial charge in [-0.2, -0.15) is 4.31 Å². The van der Waals surface area contributed by atoms with Crippen LogP contribution in [-0.2, 0) is 30.8 Å². The first-order chi connectivity index (χ1) is 18.7. The van der Waals surface area contributed by atoms with E-state index >= 15 is 0 Å². The number of carbonyl (C=O) groups is 3. The molecule has 0 unspecified atom stereocenters. The highest BCUT2D eigenvalue weighted by molar-refractivity contribution is 7.89. The van der Waals surface area contributed by atoms with Gasteiger partial charge >= 0.3 is 12.1 Å². The van der Waals surface area contributed by atoms with Crippen LogP contribution in [-0.4, -0.2) is 80.6 Å². The van der Waals surface area contributed by atoms with Crippen LogP contribution in [0, 0.1) is 0 Å². The second kappa shape index (κ2) is 12.6. The van der Waals surface area contributed by atoms with Crippen LogP contribution in [0.3, 0.4) is 0 Å². The monoisotopic (exact) mass is 572 g/mol. The van der Waals surface area contributed by atoms with Crippen molar-refractivity contribution < 1.29 is 32.3 Å². The molecular formula is C28H36N4O7S. The molecule has 2 aromatic rings. The number of amides is 2. The molecule has 1 N–H and O–H groups in total. The lowest BCUT2D eigenvalue weighted by molar-refractivity contribution is -0.158. The zero-order valence-electron chi connectivity index (χ0n) is 23.4. The van der Waals surface area contributed by atoms with Crippen molar-refractivity contribution in [1.29, 1.82) is 0 Å². The minimum atomic E-state index is -3.97. The van der Waals surface area contributed by atoms with Gasteiger partial charge < -0.3 is 19.7 Å². The molecule has 1 aliphatic rings. The van der Waals surface area contributed by atoms with Gasteiger partial charge in [-0.25, -0.2) is 18.0 Å². The smallest absolute Gasteiger partial charge is 0.414 e. The fourth-order valence-corrected chi connectivity index (χ4v) is 5.76. The standard InChI is InChI=1S/C28H36N4O7S/c1-28(2,3)39-26(34)23(18-19-9-13-21(14-10-19)38-27(35)31(5)6)30-25(33)24-8-7-17-32(24)40(36,37)22-15-11-20(29-4)12-16-22/h9-16,23-24H,4,7-8,17-18H2,1-3,5-6H3,(H,30,33)/t23-,24-/m0/s1. The summed E-state index contributed by atoms with van der Waals surface area (Å²) in [7, 11) is -0.839. The molecule has 0 bridgehead atoms. The van der Waals surface area contributed by atoms with Crippen molar-refractivity contribution in [3.05, 3.63) is 54.1 Å². The molecule has 12 heteroatoms. The molecule has 0 aliphatic carbocycles. The van der Waals surface area contributed by atoms with Crippen LogP contribution in [0.2, 0.25) is 0 Å². The van der Waals surface area contributed by atoms with Crippen molar-refractivity contribution in [3.63, 3.8) is 0 Å². The molecule has 40 heavy (non-hydrogen) atoms. The third kappa shape index (κ3) is 7.89. The van der Waals surface area contributed by atoms with E-state index in [1.165, 1.54) is 33.5 Å². The lowest BCUT2D eigenvalue weighted by Crippen LogP contribution is -2.52. The minimum absolute atomic E-state index is 0.0401. The normalized spacial score (nSPS) is 16.6. The van der Waals surface area contributed by atoms with E-state index in [4.69, 9.17) is 9.47 Å². The number of esters is 1. The van der Waals surface area contributed by atoms with Crippen LogP contribution in [0.25, 0.3) is 0 Å². The Morgan fingerprint density at radius 3 is 2.27 bits per heavy atom. The molecule has 0 saturated carbocycles. The quantitative estimate of drug-likeness (QED) is 0.360. The van der Waals surface area contributed by atoms with E-state index in [0.29, 0.717) is 29.8 Å². The predicted molar refractivity (Wildman–Crippen MR) is 150 cm³/mol. The molecule has 3 rings (SSSR count). The zero-order valence-corrected chi connectivity index (χ0v) is 24.2. The van der Waals surface area contributed by atoms with Crippen LogP contribution in [0.1, 0.15) is 39.2 Å². The first kappa shape index (κ1) is 30.8. The fourth-order valence-electron chi connectivity index (χ4n) is 4.10. The van der Waals surface area contributed by atoms with Crippen LogP contribution in [0.15, 0.2) is 58.4 Å². The second-order valence-corrected chi connectivity index (χ2v) is 12.5. The molecule has 1 saturated heterocycles. The first-order valence-corrected chi connectivity index (χ1v) is 14.3. The van der Waals surface area contributed by atoms with E-state index < -0.39 is 45.7 Å². The summed E-state index contributed by atoms with van der Waals surface area (Å²) in [5.41, 5.74) is 0.394. The summed E-state index contributed by atoms with van der Waals surface area (Å²) < 4.78 is 38.7. The van der Waals surface area contributed by atoms with Crippen LogP contribution in [0.4, 0.5) is 10.5 Å². The number of rotatable bonds is 9. The van der Waals surface area contributed by atoms with E-state index in [0.717, 1.165) is 0 Å². The second-order valence-electron chi connectivity index (χ2n) is 10.6. The minimum Gasteiger partial charge on any atom is -0.458 e. The lowest BCUT2D eigenvalue weighted by Gasteiger charge is -2.28. The third-order valence-electron chi connectivity index (χ3n) is 6.07. The van der Waals surface area contributed by atoms with E-state index in [2.05, 4.69) is 17.0 Å². The molecule has 11 nitrogen and oxygen atoms in total. The Bertz CT molecular complexity index is 1330. The number of hydrogen-bond donors (Lipinski definition) is 1. The molecule has 2 aromatic carbocycles. The largest absolute Gasteiger partial charge is 0.458 e. The van der Waals surface area contributed by atoms with Crippen LogP contribution < -0.4 is 10.1 Å². The van der Waals surface area contributed by atoms with E-state index in [1.807, 2.05) is 0 Å². The number of benzene rings is 2. The van der Waals surface area contributed by atoms with Crippen molar-refractivity contribution >= 4 is 40.4 Å². The number of nitrogens with zero attached hydrogens (tertiary/aromatic N) is 3.